The highest BCUT2D eigenvalue weighted by Crippen LogP contribution is 2.25. The number of hydrogen-bond donors (Lipinski definition) is 8. The lowest BCUT2D eigenvalue weighted by atomic mass is 9.98. The van der Waals surface area contributed by atoms with Gasteiger partial charge in [0.2, 0.25) is 0 Å². The molecule has 10 heteroatoms. The second kappa shape index (κ2) is 9.18. The van der Waals surface area contributed by atoms with E-state index in [9.17, 15) is 30.6 Å². The first-order chi connectivity index (χ1) is 10.8. The lowest BCUT2D eigenvalue weighted by molar-refractivity contribution is -0.327. The number of aliphatic hydroxyl groups is 8. The summed E-state index contributed by atoms with van der Waals surface area (Å²) in [6.45, 7) is 0.109. The topological polar surface area (TPSA) is 180 Å². The van der Waals surface area contributed by atoms with Crippen LogP contribution in [0.15, 0.2) is 0 Å². The molecule has 1 aliphatic heterocycles. The van der Waals surface area contributed by atoms with Crippen LogP contribution in [0.1, 0.15) is 13.3 Å². The molecule has 0 aromatic carbocycles. The van der Waals surface area contributed by atoms with E-state index in [0.29, 0.717) is 0 Å². The molecule has 138 valence electrons. The lowest BCUT2D eigenvalue weighted by Gasteiger charge is -2.42. The van der Waals surface area contributed by atoms with Crippen LogP contribution in [0.4, 0.5) is 0 Å². The minimum Gasteiger partial charge on any atom is -0.394 e. The van der Waals surface area contributed by atoms with E-state index in [4.69, 9.17) is 19.7 Å². The van der Waals surface area contributed by atoms with Gasteiger partial charge < -0.3 is 50.3 Å². The van der Waals surface area contributed by atoms with Crippen molar-refractivity contribution in [3.05, 3.63) is 0 Å². The fourth-order valence-corrected chi connectivity index (χ4v) is 2.30. The third-order valence-electron chi connectivity index (χ3n) is 3.86. The Morgan fingerprint density at radius 2 is 1.57 bits per heavy atom. The predicted molar refractivity (Wildman–Crippen MR) is 74.0 cm³/mol. The van der Waals surface area contributed by atoms with E-state index in [1.54, 1.807) is 6.92 Å². The van der Waals surface area contributed by atoms with Gasteiger partial charge in [-0.25, -0.2) is 0 Å². The van der Waals surface area contributed by atoms with Gasteiger partial charge in [-0.2, -0.15) is 0 Å². The molecule has 0 radical (unpaired) electrons. The van der Waals surface area contributed by atoms with Gasteiger partial charge in [0.1, 0.15) is 42.7 Å². The van der Waals surface area contributed by atoms with Crippen LogP contribution in [-0.2, 0) is 9.47 Å². The monoisotopic (exact) mass is 342 g/mol. The summed E-state index contributed by atoms with van der Waals surface area (Å²) >= 11 is 0. The van der Waals surface area contributed by atoms with Crippen molar-refractivity contribution in [2.75, 3.05) is 13.2 Å². The third-order valence-corrected chi connectivity index (χ3v) is 3.86. The highest BCUT2D eigenvalue weighted by molar-refractivity contribution is 4.91. The summed E-state index contributed by atoms with van der Waals surface area (Å²) < 4.78 is 10.3. The van der Waals surface area contributed by atoms with Crippen molar-refractivity contribution in [3.8, 4) is 0 Å². The van der Waals surface area contributed by atoms with E-state index in [-0.39, 0.29) is 6.42 Å². The maximum absolute atomic E-state index is 9.99. The molecule has 1 fully saturated rings. The Kier molecular flexibility index (Phi) is 8.24. The fourth-order valence-electron chi connectivity index (χ4n) is 2.30. The lowest BCUT2D eigenvalue weighted by Crippen LogP contribution is -2.61. The minimum absolute atomic E-state index is 0.133. The summed E-state index contributed by atoms with van der Waals surface area (Å²) in [5.41, 5.74) is 0. The fraction of sp³-hybridized carbons (Fsp3) is 1.00. The van der Waals surface area contributed by atoms with Gasteiger partial charge in [0.25, 0.3) is 0 Å². The summed E-state index contributed by atoms with van der Waals surface area (Å²) in [7, 11) is 0. The molecular weight excluding hydrogens is 316 g/mol. The second-order valence-corrected chi connectivity index (χ2v) is 5.51. The first kappa shape index (κ1) is 20.6. The van der Waals surface area contributed by atoms with Gasteiger partial charge in [-0.1, -0.05) is 6.92 Å². The Morgan fingerprint density at radius 3 is 2.04 bits per heavy atom. The van der Waals surface area contributed by atoms with E-state index >= 15 is 0 Å². The molecule has 8 N–H and O–H groups in total. The van der Waals surface area contributed by atoms with Gasteiger partial charge >= 0.3 is 0 Å². The van der Waals surface area contributed by atoms with Crippen molar-refractivity contribution in [3.63, 3.8) is 0 Å². The molecule has 0 saturated carbocycles. The first-order valence-electron chi connectivity index (χ1n) is 7.39. The molecular formula is C13H26O10. The number of aliphatic hydroxyl groups excluding tert-OH is 8. The Labute approximate surface area is 133 Å². The molecule has 1 aliphatic rings. The zero-order valence-corrected chi connectivity index (χ0v) is 12.7. The summed E-state index contributed by atoms with van der Waals surface area (Å²) in [6, 6.07) is 0. The van der Waals surface area contributed by atoms with Gasteiger partial charge in [-0.05, 0) is 6.42 Å². The Morgan fingerprint density at radius 1 is 0.957 bits per heavy atom. The van der Waals surface area contributed by atoms with Crippen LogP contribution in [0.5, 0.6) is 0 Å². The van der Waals surface area contributed by atoms with Crippen LogP contribution in [-0.4, -0.2) is 109 Å². The summed E-state index contributed by atoms with van der Waals surface area (Å²) in [4.78, 5) is 0. The van der Waals surface area contributed by atoms with Gasteiger partial charge in [-0.15, -0.1) is 0 Å². The van der Waals surface area contributed by atoms with Gasteiger partial charge in [0.15, 0.2) is 6.29 Å². The zero-order chi connectivity index (χ0) is 17.7. The molecule has 0 amide bonds. The molecule has 0 spiro atoms. The number of ether oxygens (including phenoxy) is 2. The smallest absolute Gasteiger partial charge is 0.187 e. The minimum atomic E-state index is -1.73. The molecule has 10 nitrogen and oxygen atoms in total. The molecule has 1 heterocycles. The van der Waals surface area contributed by atoms with Crippen molar-refractivity contribution in [1.82, 2.24) is 0 Å². The maximum Gasteiger partial charge on any atom is 0.187 e. The van der Waals surface area contributed by atoms with Crippen molar-refractivity contribution in [2.45, 2.75) is 68.5 Å². The highest BCUT2D eigenvalue weighted by Gasteiger charge is 2.46. The molecule has 9 atom stereocenters. The van der Waals surface area contributed by atoms with Crippen molar-refractivity contribution in [1.29, 1.82) is 0 Å². The van der Waals surface area contributed by atoms with Gasteiger partial charge in [-0.3, -0.25) is 0 Å². The normalized spacial score (nSPS) is 37.2. The SMILES string of the molecule is CCC(O)[C@H](O)[C@H](O[C@H]1OC(CO)[C@@H](O)[C@@H](O)C1O)C(O)CO. The highest BCUT2D eigenvalue weighted by atomic mass is 16.7. The van der Waals surface area contributed by atoms with Crippen LogP contribution in [0.25, 0.3) is 0 Å². The Bertz CT molecular complexity index is 341. The molecule has 4 unspecified atom stereocenters. The summed E-state index contributed by atoms with van der Waals surface area (Å²) in [6.07, 6.45) is -13.7. The largest absolute Gasteiger partial charge is 0.394 e. The average Bonchev–Trinajstić information content (AvgIpc) is 2.57. The second-order valence-electron chi connectivity index (χ2n) is 5.51. The predicted octanol–water partition coefficient (Wildman–Crippen LogP) is -4.34. The van der Waals surface area contributed by atoms with Crippen molar-refractivity contribution >= 4 is 0 Å². The molecule has 23 heavy (non-hydrogen) atoms. The van der Waals surface area contributed by atoms with Crippen LogP contribution in [0.2, 0.25) is 0 Å². The molecule has 0 bridgehead atoms. The maximum atomic E-state index is 9.99. The van der Waals surface area contributed by atoms with Crippen LogP contribution >= 0.6 is 0 Å². The quantitative estimate of drug-likeness (QED) is 0.215. The van der Waals surface area contributed by atoms with E-state index in [2.05, 4.69) is 0 Å². The van der Waals surface area contributed by atoms with Gasteiger partial charge in [0.05, 0.1) is 19.3 Å². The Balaban J connectivity index is 2.89. The van der Waals surface area contributed by atoms with Crippen LogP contribution in [0, 0.1) is 0 Å². The van der Waals surface area contributed by atoms with E-state index < -0.39 is 68.3 Å². The third kappa shape index (κ3) is 4.79. The number of hydrogen-bond acceptors (Lipinski definition) is 10. The number of rotatable bonds is 8. The molecule has 0 aromatic rings. The average molecular weight is 342 g/mol. The summed E-state index contributed by atoms with van der Waals surface area (Å²) in [5, 5.41) is 76.8. The first-order valence-corrected chi connectivity index (χ1v) is 7.39. The van der Waals surface area contributed by atoms with Crippen molar-refractivity contribution in [2.24, 2.45) is 0 Å². The zero-order valence-electron chi connectivity index (χ0n) is 12.7. The molecule has 0 aromatic heterocycles. The van der Waals surface area contributed by atoms with E-state index in [1.807, 2.05) is 0 Å². The van der Waals surface area contributed by atoms with Crippen LogP contribution in [0.3, 0.4) is 0 Å². The summed E-state index contributed by atoms with van der Waals surface area (Å²) in [5.74, 6) is 0. The molecule has 1 rings (SSSR count). The molecule has 0 aliphatic carbocycles. The van der Waals surface area contributed by atoms with E-state index in [1.165, 1.54) is 0 Å². The van der Waals surface area contributed by atoms with Gasteiger partial charge in [0, 0.05) is 0 Å². The van der Waals surface area contributed by atoms with Crippen molar-refractivity contribution < 1.29 is 50.3 Å². The van der Waals surface area contributed by atoms with Crippen LogP contribution < -0.4 is 0 Å². The van der Waals surface area contributed by atoms with E-state index in [0.717, 1.165) is 0 Å². The molecule has 1 saturated heterocycles. The Hall–Kier alpha value is -0.400. The standard InChI is InChI=1S/C13H26O10/c1-2-5(16)8(18)12(6(17)3-14)23-13-11(21)10(20)9(19)7(4-15)22-13/h5-21H,2-4H2,1H3/t5?,6?,7?,8-,9+,10+,11?,12+,13+/m0/s1.